The summed E-state index contributed by atoms with van der Waals surface area (Å²) in [5.74, 6) is 0.407. The molecule has 6 nitrogen and oxygen atoms in total. The third kappa shape index (κ3) is 2.68. The smallest absolute Gasteiger partial charge is 0.312 e. The van der Waals surface area contributed by atoms with Crippen LogP contribution in [-0.2, 0) is 6.54 Å². The molecule has 24 heavy (non-hydrogen) atoms. The van der Waals surface area contributed by atoms with E-state index in [2.05, 4.69) is 32.2 Å². The fourth-order valence-corrected chi connectivity index (χ4v) is 2.95. The van der Waals surface area contributed by atoms with Crippen molar-refractivity contribution in [3.63, 3.8) is 0 Å². The molecular weight excluding hydrogens is 307 g/mol. The van der Waals surface area contributed by atoms with Crippen molar-refractivity contribution in [1.82, 2.24) is 24.8 Å². The van der Waals surface area contributed by atoms with Crippen molar-refractivity contribution in [2.45, 2.75) is 19.0 Å². The Morgan fingerprint density at radius 2 is 2.12 bits per heavy atom. The summed E-state index contributed by atoms with van der Waals surface area (Å²) < 4.78 is 15.8. The van der Waals surface area contributed by atoms with Gasteiger partial charge in [-0.25, -0.2) is 4.98 Å². The molecule has 0 saturated carbocycles. The minimum Gasteiger partial charge on any atom is -0.387 e. The molecule has 1 aromatic carbocycles. The number of hydrogen-bond acceptors (Lipinski definition) is 5. The van der Waals surface area contributed by atoms with Crippen LogP contribution in [0.1, 0.15) is 18.0 Å². The molecule has 0 radical (unpaired) electrons. The normalized spacial score (nSPS) is 17.2. The molecule has 1 fully saturated rings. The Bertz CT molecular complexity index is 889. The van der Waals surface area contributed by atoms with E-state index in [1.54, 1.807) is 6.33 Å². The predicted molar refractivity (Wildman–Crippen MR) is 89.8 cm³/mol. The van der Waals surface area contributed by atoms with E-state index < -0.39 is 6.08 Å². The van der Waals surface area contributed by atoms with Gasteiger partial charge in [0.25, 0.3) is 0 Å². The van der Waals surface area contributed by atoms with Gasteiger partial charge in [0, 0.05) is 25.2 Å². The Labute approximate surface area is 138 Å². The molecule has 0 aliphatic carbocycles. The van der Waals surface area contributed by atoms with Crippen molar-refractivity contribution >= 4 is 17.0 Å². The quantitative estimate of drug-likeness (QED) is 0.722. The van der Waals surface area contributed by atoms with E-state index >= 15 is 0 Å². The van der Waals surface area contributed by atoms with Crippen molar-refractivity contribution in [2.24, 2.45) is 0 Å². The molecule has 1 aliphatic heterocycles. The molecule has 3 aromatic rings. The highest BCUT2D eigenvalue weighted by atomic mass is 19.1. The maximum atomic E-state index is 13.9. The van der Waals surface area contributed by atoms with Crippen molar-refractivity contribution in [3.8, 4) is 0 Å². The first-order valence-corrected chi connectivity index (χ1v) is 7.80. The monoisotopic (exact) mass is 324 g/mol. The summed E-state index contributed by atoms with van der Waals surface area (Å²) in [7, 11) is 0. The number of hydrogen-bond donors (Lipinski definition) is 2. The van der Waals surface area contributed by atoms with Crippen LogP contribution in [0, 0.1) is 6.08 Å². The van der Waals surface area contributed by atoms with Crippen LogP contribution in [0.2, 0.25) is 0 Å². The van der Waals surface area contributed by atoms with Gasteiger partial charge in [0.2, 0.25) is 0 Å². The van der Waals surface area contributed by atoms with E-state index in [9.17, 15) is 4.39 Å². The lowest BCUT2D eigenvalue weighted by Crippen LogP contribution is -2.13. The molecule has 1 aliphatic rings. The molecule has 1 saturated heterocycles. The Morgan fingerprint density at radius 1 is 1.29 bits per heavy atom. The number of allylic oxidation sites excluding steroid dienone is 1. The predicted octanol–water partition coefficient (Wildman–Crippen LogP) is 2.63. The van der Waals surface area contributed by atoms with E-state index in [0.29, 0.717) is 23.5 Å². The minimum atomic E-state index is -0.760. The summed E-state index contributed by atoms with van der Waals surface area (Å²) >= 11 is 0. The summed E-state index contributed by atoms with van der Waals surface area (Å²) in [4.78, 5) is 12.2. The van der Waals surface area contributed by atoms with Gasteiger partial charge in [0.15, 0.2) is 17.0 Å². The Balaban J connectivity index is 1.66. The number of benzene rings is 1. The Morgan fingerprint density at radius 3 is 2.88 bits per heavy atom. The number of imidazole rings is 1. The number of rotatable bonds is 4. The van der Waals surface area contributed by atoms with Gasteiger partial charge in [0.1, 0.15) is 0 Å². The summed E-state index contributed by atoms with van der Waals surface area (Å²) in [6.07, 6.45) is 1.71. The largest absolute Gasteiger partial charge is 0.387 e. The third-order valence-corrected chi connectivity index (χ3v) is 4.16. The molecule has 2 aromatic heterocycles. The first-order chi connectivity index (χ1) is 11.7. The molecule has 7 heteroatoms. The summed E-state index contributed by atoms with van der Waals surface area (Å²) in [5.41, 5.74) is 3.13. The first-order valence-electron chi connectivity index (χ1n) is 7.80. The van der Waals surface area contributed by atoms with Gasteiger partial charge in [-0.1, -0.05) is 36.9 Å². The highest BCUT2D eigenvalue weighted by Gasteiger charge is 2.23. The second-order valence-corrected chi connectivity index (χ2v) is 5.85. The number of anilines is 1. The zero-order chi connectivity index (χ0) is 16.5. The summed E-state index contributed by atoms with van der Waals surface area (Å²) in [6.45, 7) is 5.21. The highest BCUT2D eigenvalue weighted by molar-refractivity contribution is 5.82. The van der Waals surface area contributed by atoms with Gasteiger partial charge >= 0.3 is 6.08 Å². The van der Waals surface area contributed by atoms with Crippen molar-refractivity contribution < 1.29 is 4.39 Å². The average molecular weight is 324 g/mol. The van der Waals surface area contributed by atoms with Gasteiger partial charge in [-0.15, -0.1) is 0 Å². The van der Waals surface area contributed by atoms with Gasteiger partial charge in [-0.05, 0) is 5.56 Å². The molecule has 0 spiro atoms. The molecule has 122 valence electrons. The Kier molecular flexibility index (Phi) is 3.60. The van der Waals surface area contributed by atoms with Crippen molar-refractivity contribution in [3.05, 3.63) is 60.6 Å². The molecule has 0 amide bonds. The standard InChI is InChI=1S/C17H17FN6/c1-11-7-13(9-19-11)24-10-21-14-15(22-17(18)23-16(14)24)20-8-12-5-3-2-4-6-12/h2-6,10,13,19H,1,7-9H2,(H,20,22,23). The first kappa shape index (κ1) is 14.6. The average Bonchev–Trinajstić information content (AvgIpc) is 3.19. The molecular formula is C17H17FN6. The number of halogens is 1. The van der Waals surface area contributed by atoms with Crippen molar-refractivity contribution in [2.75, 3.05) is 11.9 Å². The molecule has 1 unspecified atom stereocenters. The van der Waals surface area contributed by atoms with Crippen LogP contribution in [0.4, 0.5) is 10.2 Å². The van der Waals surface area contributed by atoms with Crippen LogP contribution in [0.15, 0.2) is 48.9 Å². The molecule has 3 heterocycles. The van der Waals surface area contributed by atoms with Crippen LogP contribution < -0.4 is 10.6 Å². The van der Waals surface area contributed by atoms with E-state index in [1.807, 2.05) is 34.9 Å². The lowest BCUT2D eigenvalue weighted by molar-refractivity contribution is 0.529. The van der Waals surface area contributed by atoms with Crippen LogP contribution in [0.5, 0.6) is 0 Å². The number of nitrogens with zero attached hydrogens (tertiary/aromatic N) is 4. The zero-order valence-electron chi connectivity index (χ0n) is 13.0. The fraction of sp³-hybridized carbons (Fsp3) is 0.235. The van der Waals surface area contributed by atoms with Gasteiger partial charge in [-0.3, -0.25) is 0 Å². The Hall–Kier alpha value is -2.96. The highest BCUT2D eigenvalue weighted by Crippen LogP contribution is 2.27. The lowest BCUT2D eigenvalue weighted by atomic mass is 10.2. The SMILES string of the molecule is C=C1CC(n2cnc3c(NCc4ccccc4)nc(F)nc32)CN1. The second kappa shape index (κ2) is 5.92. The topological polar surface area (TPSA) is 67.7 Å². The van der Waals surface area contributed by atoms with Crippen molar-refractivity contribution in [1.29, 1.82) is 0 Å². The second-order valence-electron chi connectivity index (χ2n) is 5.85. The number of aromatic nitrogens is 4. The van der Waals surface area contributed by atoms with Gasteiger partial charge in [0.05, 0.1) is 12.4 Å². The summed E-state index contributed by atoms with van der Waals surface area (Å²) in [6, 6.07) is 10.0. The molecule has 2 N–H and O–H groups in total. The molecule has 0 bridgehead atoms. The van der Waals surface area contributed by atoms with Gasteiger partial charge in [-0.2, -0.15) is 14.4 Å². The molecule has 4 rings (SSSR count). The van der Waals surface area contributed by atoms with Crippen LogP contribution >= 0.6 is 0 Å². The summed E-state index contributed by atoms with van der Waals surface area (Å²) in [5, 5.41) is 6.36. The lowest BCUT2D eigenvalue weighted by Gasteiger charge is -2.11. The fourth-order valence-electron chi connectivity index (χ4n) is 2.95. The maximum Gasteiger partial charge on any atom is 0.312 e. The number of nitrogens with one attached hydrogen (secondary N) is 2. The third-order valence-electron chi connectivity index (χ3n) is 4.16. The van der Waals surface area contributed by atoms with E-state index in [1.165, 1.54) is 0 Å². The maximum absolute atomic E-state index is 13.9. The molecule has 1 atom stereocenters. The van der Waals surface area contributed by atoms with E-state index in [-0.39, 0.29) is 6.04 Å². The van der Waals surface area contributed by atoms with E-state index in [4.69, 9.17) is 0 Å². The van der Waals surface area contributed by atoms with Crippen LogP contribution in [-0.4, -0.2) is 26.1 Å². The minimum absolute atomic E-state index is 0.138. The van der Waals surface area contributed by atoms with Crippen LogP contribution in [0.3, 0.4) is 0 Å². The van der Waals surface area contributed by atoms with Gasteiger partial charge < -0.3 is 15.2 Å². The van der Waals surface area contributed by atoms with Crippen LogP contribution in [0.25, 0.3) is 11.2 Å². The van der Waals surface area contributed by atoms with E-state index in [0.717, 1.165) is 24.2 Å². The number of fused-ring (bicyclic) bond motifs is 1. The zero-order valence-corrected chi connectivity index (χ0v) is 13.0.